The molecule has 2 rings (SSSR count). The number of carbonyl (C=O) groups excluding carboxylic acids is 1. The standard InChI is InChI=1S/C18H26N2O/c1-13(2)11-14(3)20(4)18(21)10-9-15-12-19-17-8-6-5-7-16(15)17/h5-8,12-14,19H,9-11H2,1-4H3/t14-/m0/s1. The zero-order valence-corrected chi connectivity index (χ0v) is 13.5. The average molecular weight is 286 g/mol. The molecule has 0 saturated heterocycles. The van der Waals surface area contributed by atoms with Crippen LogP contribution in [0.3, 0.4) is 0 Å². The molecule has 1 atom stereocenters. The summed E-state index contributed by atoms with van der Waals surface area (Å²) in [6.07, 6.45) is 4.44. The molecule has 0 bridgehead atoms. The molecule has 0 radical (unpaired) electrons. The minimum absolute atomic E-state index is 0.230. The molecule has 21 heavy (non-hydrogen) atoms. The van der Waals surface area contributed by atoms with Crippen LogP contribution in [-0.4, -0.2) is 28.9 Å². The molecule has 0 spiro atoms. The Hall–Kier alpha value is -1.77. The van der Waals surface area contributed by atoms with Crippen LogP contribution in [0.15, 0.2) is 30.5 Å². The van der Waals surface area contributed by atoms with Gasteiger partial charge in [0.1, 0.15) is 0 Å². The zero-order chi connectivity index (χ0) is 15.4. The number of carbonyl (C=O) groups is 1. The molecule has 0 aliphatic rings. The number of nitrogens with one attached hydrogen (secondary N) is 1. The van der Waals surface area contributed by atoms with Gasteiger partial charge in [-0.3, -0.25) is 4.79 Å². The summed E-state index contributed by atoms with van der Waals surface area (Å²) in [7, 11) is 1.92. The number of nitrogens with zero attached hydrogens (tertiary/aromatic N) is 1. The highest BCUT2D eigenvalue weighted by atomic mass is 16.2. The highest BCUT2D eigenvalue weighted by molar-refractivity contribution is 5.84. The molecule has 2 aromatic rings. The van der Waals surface area contributed by atoms with Crippen molar-refractivity contribution in [3.63, 3.8) is 0 Å². The third kappa shape index (κ3) is 3.87. The quantitative estimate of drug-likeness (QED) is 0.856. The molecule has 0 saturated carbocycles. The Morgan fingerprint density at radius 1 is 1.24 bits per heavy atom. The largest absolute Gasteiger partial charge is 0.361 e. The fourth-order valence-electron chi connectivity index (χ4n) is 2.84. The normalized spacial score (nSPS) is 12.8. The summed E-state index contributed by atoms with van der Waals surface area (Å²) in [6.45, 7) is 6.52. The van der Waals surface area contributed by atoms with Crippen LogP contribution < -0.4 is 0 Å². The summed E-state index contributed by atoms with van der Waals surface area (Å²) in [5.74, 6) is 0.845. The number of H-pyrrole nitrogens is 1. The Morgan fingerprint density at radius 2 is 1.95 bits per heavy atom. The summed E-state index contributed by atoms with van der Waals surface area (Å²) >= 11 is 0. The fourth-order valence-corrected chi connectivity index (χ4v) is 2.84. The van der Waals surface area contributed by atoms with Gasteiger partial charge in [0, 0.05) is 36.6 Å². The molecule has 0 unspecified atom stereocenters. The highest BCUT2D eigenvalue weighted by Gasteiger charge is 2.17. The van der Waals surface area contributed by atoms with E-state index in [1.165, 1.54) is 10.9 Å². The van der Waals surface area contributed by atoms with Gasteiger partial charge in [0.05, 0.1) is 0 Å². The van der Waals surface area contributed by atoms with Crippen LogP contribution in [0.25, 0.3) is 10.9 Å². The lowest BCUT2D eigenvalue weighted by Crippen LogP contribution is -2.36. The van der Waals surface area contributed by atoms with Crippen molar-refractivity contribution in [2.45, 2.75) is 46.1 Å². The second kappa shape index (κ2) is 6.79. The smallest absolute Gasteiger partial charge is 0.222 e. The number of amides is 1. The van der Waals surface area contributed by atoms with Gasteiger partial charge < -0.3 is 9.88 Å². The molecular weight excluding hydrogens is 260 g/mol. The highest BCUT2D eigenvalue weighted by Crippen LogP contribution is 2.19. The number of hydrogen-bond donors (Lipinski definition) is 1. The summed E-state index contributed by atoms with van der Waals surface area (Å²) in [5.41, 5.74) is 2.37. The Kier molecular flexibility index (Phi) is 5.05. The number of fused-ring (bicyclic) bond motifs is 1. The van der Waals surface area contributed by atoms with Gasteiger partial charge in [-0.15, -0.1) is 0 Å². The topological polar surface area (TPSA) is 36.1 Å². The Balaban J connectivity index is 1.94. The predicted molar refractivity (Wildman–Crippen MR) is 88.3 cm³/mol. The van der Waals surface area contributed by atoms with E-state index in [0.717, 1.165) is 18.4 Å². The van der Waals surface area contributed by atoms with Crippen molar-refractivity contribution in [3.05, 3.63) is 36.0 Å². The molecule has 0 aliphatic heterocycles. The van der Waals surface area contributed by atoms with Gasteiger partial charge in [-0.25, -0.2) is 0 Å². The lowest BCUT2D eigenvalue weighted by atomic mass is 10.0. The Morgan fingerprint density at radius 3 is 2.67 bits per heavy atom. The van der Waals surface area contributed by atoms with Gasteiger partial charge in [-0.2, -0.15) is 0 Å². The van der Waals surface area contributed by atoms with Crippen molar-refractivity contribution in [1.82, 2.24) is 9.88 Å². The lowest BCUT2D eigenvalue weighted by molar-refractivity contribution is -0.131. The number of rotatable bonds is 6. The van der Waals surface area contributed by atoms with Crippen molar-refractivity contribution in [2.24, 2.45) is 5.92 Å². The molecule has 1 amide bonds. The van der Waals surface area contributed by atoms with Crippen LogP contribution in [0.1, 0.15) is 39.2 Å². The molecule has 0 fully saturated rings. The molecule has 1 heterocycles. The first kappa shape index (κ1) is 15.6. The van der Waals surface area contributed by atoms with Crippen LogP contribution in [-0.2, 0) is 11.2 Å². The van der Waals surface area contributed by atoms with E-state index in [1.54, 1.807) is 0 Å². The number of hydrogen-bond acceptors (Lipinski definition) is 1. The fraction of sp³-hybridized carbons (Fsp3) is 0.500. The molecule has 1 N–H and O–H groups in total. The van der Waals surface area contributed by atoms with E-state index in [-0.39, 0.29) is 5.91 Å². The lowest BCUT2D eigenvalue weighted by Gasteiger charge is -2.26. The van der Waals surface area contributed by atoms with E-state index in [0.29, 0.717) is 18.4 Å². The summed E-state index contributed by atoms with van der Waals surface area (Å²) in [5, 5.41) is 1.23. The summed E-state index contributed by atoms with van der Waals surface area (Å²) in [4.78, 5) is 17.5. The minimum atomic E-state index is 0.230. The van der Waals surface area contributed by atoms with Gasteiger partial charge in [-0.05, 0) is 37.3 Å². The minimum Gasteiger partial charge on any atom is -0.361 e. The maximum absolute atomic E-state index is 12.3. The van der Waals surface area contributed by atoms with Gasteiger partial charge in [0.2, 0.25) is 5.91 Å². The first-order chi connectivity index (χ1) is 9.99. The molecule has 1 aromatic carbocycles. The third-order valence-electron chi connectivity index (χ3n) is 4.15. The number of aromatic nitrogens is 1. The number of aromatic amines is 1. The number of aryl methyl sites for hydroxylation is 1. The maximum Gasteiger partial charge on any atom is 0.222 e. The first-order valence-corrected chi connectivity index (χ1v) is 7.79. The van der Waals surface area contributed by atoms with Crippen LogP contribution >= 0.6 is 0 Å². The molecule has 3 nitrogen and oxygen atoms in total. The van der Waals surface area contributed by atoms with Crippen molar-refractivity contribution in [3.8, 4) is 0 Å². The SMILES string of the molecule is CC(C)C[C@H](C)N(C)C(=O)CCc1c[nH]c2ccccc12. The van der Waals surface area contributed by atoms with E-state index >= 15 is 0 Å². The maximum atomic E-state index is 12.3. The van der Waals surface area contributed by atoms with Crippen molar-refractivity contribution in [1.29, 1.82) is 0 Å². The number of benzene rings is 1. The van der Waals surface area contributed by atoms with E-state index in [1.807, 2.05) is 30.3 Å². The van der Waals surface area contributed by atoms with Gasteiger partial charge in [-0.1, -0.05) is 32.0 Å². The second-order valence-corrected chi connectivity index (χ2v) is 6.34. The van der Waals surface area contributed by atoms with Crippen molar-refractivity contribution < 1.29 is 4.79 Å². The molecule has 114 valence electrons. The van der Waals surface area contributed by atoms with Crippen LogP contribution in [0.4, 0.5) is 0 Å². The van der Waals surface area contributed by atoms with Gasteiger partial charge >= 0.3 is 0 Å². The molecular formula is C18H26N2O. The average Bonchev–Trinajstić information content (AvgIpc) is 2.86. The third-order valence-corrected chi connectivity index (χ3v) is 4.15. The van der Waals surface area contributed by atoms with E-state index in [4.69, 9.17) is 0 Å². The molecule has 1 aromatic heterocycles. The van der Waals surface area contributed by atoms with E-state index < -0.39 is 0 Å². The molecule has 0 aliphatic carbocycles. The molecule has 3 heteroatoms. The summed E-state index contributed by atoms with van der Waals surface area (Å²) < 4.78 is 0. The summed E-state index contributed by atoms with van der Waals surface area (Å²) in [6, 6.07) is 8.54. The van der Waals surface area contributed by atoms with Crippen LogP contribution in [0.5, 0.6) is 0 Å². The second-order valence-electron chi connectivity index (χ2n) is 6.34. The van der Waals surface area contributed by atoms with Crippen molar-refractivity contribution in [2.75, 3.05) is 7.05 Å². The Labute approximate surface area is 127 Å². The first-order valence-electron chi connectivity index (χ1n) is 7.79. The number of para-hydroxylation sites is 1. The van der Waals surface area contributed by atoms with Crippen LogP contribution in [0.2, 0.25) is 0 Å². The Bertz CT molecular complexity index is 600. The zero-order valence-electron chi connectivity index (χ0n) is 13.5. The van der Waals surface area contributed by atoms with Gasteiger partial charge in [0.25, 0.3) is 0 Å². The van der Waals surface area contributed by atoms with Crippen LogP contribution in [0, 0.1) is 5.92 Å². The van der Waals surface area contributed by atoms with E-state index in [9.17, 15) is 4.79 Å². The van der Waals surface area contributed by atoms with Gasteiger partial charge in [0.15, 0.2) is 0 Å². The van der Waals surface area contributed by atoms with Crippen molar-refractivity contribution >= 4 is 16.8 Å². The monoisotopic (exact) mass is 286 g/mol. The van der Waals surface area contributed by atoms with E-state index in [2.05, 4.69) is 37.9 Å². The predicted octanol–water partition coefficient (Wildman–Crippen LogP) is 3.99.